The van der Waals surface area contributed by atoms with E-state index in [0.29, 0.717) is 11.8 Å². The van der Waals surface area contributed by atoms with Crippen molar-refractivity contribution in [1.82, 2.24) is 4.98 Å². The first kappa shape index (κ1) is 17.1. The first-order chi connectivity index (χ1) is 12.5. The molecule has 3 aromatic rings. The van der Waals surface area contributed by atoms with Gasteiger partial charge >= 0.3 is 0 Å². The second-order valence-electron chi connectivity index (χ2n) is 8.35. The third-order valence-corrected chi connectivity index (χ3v) is 5.95. The molecule has 2 N–H and O–H groups in total. The van der Waals surface area contributed by atoms with E-state index in [1.807, 2.05) is 30.3 Å². The topological polar surface area (TPSA) is 52.0 Å². The van der Waals surface area contributed by atoms with Gasteiger partial charge < -0.3 is 10.2 Å². The minimum atomic E-state index is 0.564. The second-order valence-corrected chi connectivity index (χ2v) is 8.35. The van der Waals surface area contributed by atoms with Crippen LogP contribution in [0.5, 0.6) is 0 Å². The standard InChI is InChI=1S/C23H28N2O/c1-14(2)17-10-15(3)11-18(12-17)20-8-5-9-21-22(20)25-23(26-21)16-6-4-7-19(24)13-16/h4-9,13-15,17-18H,10-12,24H2,1-3H3. The van der Waals surface area contributed by atoms with E-state index in [4.69, 9.17) is 15.1 Å². The van der Waals surface area contributed by atoms with Gasteiger partial charge in [0.05, 0.1) is 0 Å². The zero-order chi connectivity index (χ0) is 18.3. The van der Waals surface area contributed by atoms with E-state index in [9.17, 15) is 0 Å². The molecule has 136 valence electrons. The number of benzene rings is 2. The zero-order valence-corrected chi connectivity index (χ0v) is 15.9. The summed E-state index contributed by atoms with van der Waals surface area (Å²) >= 11 is 0. The molecular weight excluding hydrogens is 320 g/mol. The number of oxazole rings is 1. The number of nitrogens with two attached hydrogens (primary N) is 1. The predicted octanol–water partition coefficient (Wildman–Crippen LogP) is 6.25. The van der Waals surface area contributed by atoms with E-state index < -0.39 is 0 Å². The average molecular weight is 348 g/mol. The molecule has 0 radical (unpaired) electrons. The van der Waals surface area contributed by atoms with Crippen LogP contribution in [-0.4, -0.2) is 4.98 Å². The monoisotopic (exact) mass is 348 g/mol. The maximum absolute atomic E-state index is 6.08. The molecule has 3 atom stereocenters. The fourth-order valence-corrected chi connectivity index (χ4v) is 4.55. The summed E-state index contributed by atoms with van der Waals surface area (Å²) in [5.74, 6) is 3.51. The molecule has 0 bridgehead atoms. The zero-order valence-electron chi connectivity index (χ0n) is 15.9. The van der Waals surface area contributed by atoms with Crippen LogP contribution in [0.2, 0.25) is 0 Å². The summed E-state index contributed by atoms with van der Waals surface area (Å²) in [5, 5.41) is 0. The summed E-state index contributed by atoms with van der Waals surface area (Å²) in [6.45, 7) is 7.10. The number of aromatic nitrogens is 1. The van der Waals surface area contributed by atoms with Crippen molar-refractivity contribution in [3.8, 4) is 11.5 Å². The molecule has 3 unspecified atom stereocenters. The number of anilines is 1. The highest BCUT2D eigenvalue weighted by Gasteiger charge is 2.30. The van der Waals surface area contributed by atoms with Crippen LogP contribution >= 0.6 is 0 Å². The van der Waals surface area contributed by atoms with Crippen molar-refractivity contribution in [3.63, 3.8) is 0 Å². The van der Waals surface area contributed by atoms with Gasteiger partial charge in [-0.1, -0.05) is 39.0 Å². The number of hydrogen-bond donors (Lipinski definition) is 1. The number of nitrogens with zero attached hydrogens (tertiary/aromatic N) is 1. The lowest BCUT2D eigenvalue weighted by Crippen LogP contribution is -2.23. The summed E-state index contributed by atoms with van der Waals surface area (Å²) in [5.41, 5.74) is 10.8. The maximum Gasteiger partial charge on any atom is 0.227 e. The van der Waals surface area contributed by atoms with Gasteiger partial charge in [-0.2, -0.15) is 0 Å². The van der Waals surface area contributed by atoms with Crippen molar-refractivity contribution in [2.24, 2.45) is 17.8 Å². The summed E-state index contributed by atoms with van der Waals surface area (Å²) < 4.78 is 6.08. The third-order valence-electron chi connectivity index (χ3n) is 5.95. The van der Waals surface area contributed by atoms with Gasteiger partial charge in [0, 0.05) is 11.3 Å². The number of rotatable bonds is 3. The lowest BCUT2D eigenvalue weighted by atomic mass is 9.69. The minimum Gasteiger partial charge on any atom is -0.436 e. The quantitative estimate of drug-likeness (QED) is 0.569. The Bertz CT molecular complexity index is 911. The molecule has 2 aromatic carbocycles. The van der Waals surface area contributed by atoms with Crippen LogP contribution in [0.15, 0.2) is 46.9 Å². The Kier molecular flexibility index (Phi) is 4.47. The molecule has 1 fully saturated rings. The van der Waals surface area contributed by atoms with Crippen LogP contribution in [0.25, 0.3) is 22.6 Å². The molecule has 4 rings (SSSR count). The predicted molar refractivity (Wildman–Crippen MR) is 108 cm³/mol. The van der Waals surface area contributed by atoms with Gasteiger partial charge in [-0.15, -0.1) is 0 Å². The number of fused-ring (bicyclic) bond motifs is 1. The Morgan fingerprint density at radius 1 is 1.08 bits per heavy atom. The first-order valence-corrected chi connectivity index (χ1v) is 9.76. The van der Waals surface area contributed by atoms with E-state index in [-0.39, 0.29) is 0 Å². The van der Waals surface area contributed by atoms with E-state index in [0.717, 1.165) is 40.1 Å². The molecule has 1 aromatic heterocycles. The number of hydrogen-bond acceptors (Lipinski definition) is 3. The van der Waals surface area contributed by atoms with E-state index in [2.05, 4.69) is 32.9 Å². The second kappa shape index (κ2) is 6.79. The van der Waals surface area contributed by atoms with Gasteiger partial charge in [0.15, 0.2) is 5.58 Å². The number of para-hydroxylation sites is 1. The molecule has 0 amide bonds. The highest BCUT2D eigenvalue weighted by Crippen LogP contribution is 2.44. The van der Waals surface area contributed by atoms with Crippen LogP contribution in [0.4, 0.5) is 5.69 Å². The van der Waals surface area contributed by atoms with Crippen molar-refractivity contribution in [2.45, 2.75) is 46.0 Å². The average Bonchev–Trinajstić information content (AvgIpc) is 3.05. The van der Waals surface area contributed by atoms with Crippen molar-refractivity contribution < 1.29 is 4.42 Å². The number of nitrogen functional groups attached to an aromatic ring is 1. The molecule has 0 spiro atoms. The molecule has 0 saturated heterocycles. The first-order valence-electron chi connectivity index (χ1n) is 9.76. The van der Waals surface area contributed by atoms with Crippen LogP contribution < -0.4 is 5.73 Å². The van der Waals surface area contributed by atoms with Crippen molar-refractivity contribution in [1.29, 1.82) is 0 Å². The van der Waals surface area contributed by atoms with Crippen LogP contribution in [0, 0.1) is 17.8 Å². The van der Waals surface area contributed by atoms with E-state index in [1.165, 1.54) is 24.8 Å². The van der Waals surface area contributed by atoms with Crippen molar-refractivity contribution >= 4 is 16.8 Å². The molecule has 1 heterocycles. The van der Waals surface area contributed by atoms with Gasteiger partial charge in [-0.3, -0.25) is 0 Å². The third kappa shape index (κ3) is 3.23. The lowest BCUT2D eigenvalue weighted by molar-refractivity contribution is 0.203. The molecule has 1 aliphatic carbocycles. The molecule has 3 heteroatoms. The van der Waals surface area contributed by atoms with Gasteiger partial charge in [0.25, 0.3) is 0 Å². The van der Waals surface area contributed by atoms with E-state index >= 15 is 0 Å². The normalized spacial score (nSPS) is 23.6. The fourth-order valence-electron chi connectivity index (χ4n) is 4.55. The molecule has 1 aliphatic rings. The summed E-state index contributed by atoms with van der Waals surface area (Å²) in [6.07, 6.45) is 3.84. The summed E-state index contributed by atoms with van der Waals surface area (Å²) in [7, 11) is 0. The Labute approximate surface area is 155 Å². The molecular formula is C23H28N2O. The lowest BCUT2D eigenvalue weighted by Gasteiger charge is -2.35. The van der Waals surface area contributed by atoms with Crippen LogP contribution in [0.1, 0.15) is 51.5 Å². The highest BCUT2D eigenvalue weighted by atomic mass is 16.3. The molecule has 1 saturated carbocycles. The summed E-state index contributed by atoms with van der Waals surface area (Å²) in [4.78, 5) is 4.87. The van der Waals surface area contributed by atoms with Crippen LogP contribution in [-0.2, 0) is 0 Å². The Morgan fingerprint density at radius 3 is 2.65 bits per heavy atom. The molecule has 0 aliphatic heterocycles. The van der Waals surface area contributed by atoms with Crippen LogP contribution in [0.3, 0.4) is 0 Å². The van der Waals surface area contributed by atoms with Gasteiger partial charge in [-0.25, -0.2) is 4.98 Å². The highest BCUT2D eigenvalue weighted by molar-refractivity contribution is 5.80. The Balaban J connectivity index is 1.74. The van der Waals surface area contributed by atoms with E-state index in [1.54, 1.807) is 0 Å². The van der Waals surface area contributed by atoms with Gasteiger partial charge in [0.1, 0.15) is 5.52 Å². The Hall–Kier alpha value is -2.29. The smallest absolute Gasteiger partial charge is 0.227 e. The fraction of sp³-hybridized carbons (Fsp3) is 0.435. The Morgan fingerprint density at radius 2 is 1.88 bits per heavy atom. The van der Waals surface area contributed by atoms with Crippen molar-refractivity contribution in [2.75, 3.05) is 5.73 Å². The maximum atomic E-state index is 6.08. The summed E-state index contributed by atoms with van der Waals surface area (Å²) in [6, 6.07) is 14.1. The van der Waals surface area contributed by atoms with Gasteiger partial charge in [0.2, 0.25) is 5.89 Å². The molecule has 3 nitrogen and oxygen atoms in total. The minimum absolute atomic E-state index is 0.564. The largest absolute Gasteiger partial charge is 0.436 e. The van der Waals surface area contributed by atoms with Crippen molar-refractivity contribution in [3.05, 3.63) is 48.0 Å². The van der Waals surface area contributed by atoms with Gasteiger partial charge in [-0.05, 0) is 72.8 Å². The SMILES string of the molecule is CC1CC(c2cccc3oc(-c4cccc(N)c4)nc23)CC(C(C)C)C1. The molecule has 26 heavy (non-hydrogen) atoms.